The van der Waals surface area contributed by atoms with Crippen molar-refractivity contribution in [2.75, 3.05) is 13.1 Å². The van der Waals surface area contributed by atoms with E-state index in [0.29, 0.717) is 11.8 Å². The molecular formula is C11H22N2O. The summed E-state index contributed by atoms with van der Waals surface area (Å²) in [5, 5.41) is 0. The van der Waals surface area contributed by atoms with Crippen LogP contribution in [0.15, 0.2) is 0 Å². The van der Waals surface area contributed by atoms with Gasteiger partial charge in [-0.2, -0.15) is 0 Å². The zero-order valence-corrected chi connectivity index (χ0v) is 9.49. The van der Waals surface area contributed by atoms with Crippen molar-refractivity contribution in [3.8, 4) is 0 Å². The second-order valence-corrected chi connectivity index (χ2v) is 4.91. The summed E-state index contributed by atoms with van der Waals surface area (Å²) in [4.78, 5) is 13.7. The summed E-state index contributed by atoms with van der Waals surface area (Å²) in [6.45, 7) is 8.16. The minimum absolute atomic E-state index is 0.142. The quantitative estimate of drug-likeness (QED) is 0.741. The highest BCUT2D eigenvalue weighted by Crippen LogP contribution is 2.16. The molecule has 3 nitrogen and oxygen atoms in total. The molecule has 0 bridgehead atoms. The third-order valence-electron chi connectivity index (χ3n) is 2.78. The molecule has 1 rings (SSSR count). The average molecular weight is 198 g/mol. The van der Waals surface area contributed by atoms with Gasteiger partial charge in [0.2, 0.25) is 5.91 Å². The van der Waals surface area contributed by atoms with Gasteiger partial charge in [-0.05, 0) is 24.7 Å². The minimum atomic E-state index is -0.291. The van der Waals surface area contributed by atoms with E-state index in [2.05, 4.69) is 20.8 Å². The second-order valence-electron chi connectivity index (χ2n) is 4.91. The van der Waals surface area contributed by atoms with Crippen LogP contribution in [0.5, 0.6) is 0 Å². The molecule has 2 atom stereocenters. The van der Waals surface area contributed by atoms with E-state index in [9.17, 15) is 4.79 Å². The van der Waals surface area contributed by atoms with Crippen molar-refractivity contribution in [2.24, 2.45) is 17.6 Å². The van der Waals surface area contributed by atoms with Crippen LogP contribution in [-0.2, 0) is 4.79 Å². The number of rotatable bonds is 3. The van der Waals surface area contributed by atoms with E-state index >= 15 is 0 Å². The Balaban J connectivity index is 2.40. The van der Waals surface area contributed by atoms with E-state index in [1.807, 2.05) is 4.90 Å². The van der Waals surface area contributed by atoms with Crippen LogP contribution < -0.4 is 5.73 Å². The molecule has 82 valence electrons. The molecule has 3 heteroatoms. The number of likely N-dealkylation sites (tertiary alicyclic amines) is 1. The van der Waals surface area contributed by atoms with Gasteiger partial charge in [0, 0.05) is 13.1 Å². The Bertz CT molecular complexity index is 203. The molecule has 2 unspecified atom stereocenters. The molecule has 1 amide bonds. The smallest absolute Gasteiger partial charge is 0.239 e. The van der Waals surface area contributed by atoms with Crippen molar-refractivity contribution in [1.29, 1.82) is 0 Å². The second kappa shape index (κ2) is 4.78. The average Bonchev–Trinajstić information content (AvgIpc) is 2.49. The lowest BCUT2D eigenvalue weighted by Gasteiger charge is -2.21. The third kappa shape index (κ3) is 2.98. The van der Waals surface area contributed by atoms with E-state index in [-0.39, 0.29) is 11.9 Å². The number of carbonyl (C=O) groups excluding carboxylic acids is 1. The van der Waals surface area contributed by atoms with Crippen LogP contribution in [0.2, 0.25) is 0 Å². The zero-order valence-electron chi connectivity index (χ0n) is 9.49. The number of amides is 1. The molecule has 0 aromatic heterocycles. The Hall–Kier alpha value is -0.570. The Morgan fingerprint density at radius 3 is 2.64 bits per heavy atom. The molecular weight excluding hydrogens is 176 g/mol. The highest BCUT2D eigenvalue weighted by atomic mass is 16.2. The van der Waals surface area contributed by atoms with Gasteiger partial charge in [0.1, 0.15) is 0 Å². The van der Waals surface area contributed by atoms with Crippen molar-refractivity contribution in [3.63, 3.8) is 0 Å². The van der Waals surface area contributed by atoms with E-state index in [1.54, 1.807) is 0 Å². The molecule has 1 aliphatic rings. The number of hydrogen-bond acceptors (Lipinski definition) is 2. The van der Waals surface area contributed by atoms with Gasteiger partial charge in [0.25, 0.3) is 0 Å². The summed E-state index contributed by atoms with van der Waals surface area (Å²) in [5.41, 5.74) is 5.85. The maximum Gasteiger partial charge on any atom is 0.239 e. The van der Waals surface area contributed by atoms with E-state index in [4.69, 9.17) is 5.73 Å². The summed E-state index contributed by atoms with van der Waals surface area (Å²) in [6, 6.07) is -0.291. The SMILES string of the molecule is CC(C)CC(N)C(=O)N1CCC(C)C1. The van der Waals surface area contributed by atoms with Gasteiger partial charge in [0.05, 0.1) is 6.04 Å². The largest absolute Gasteiger partial charge is 0.341 e. The maximum absolute atomic E-state index is 11.8. The Kier molecular flexibility index (Phi) is 3.93. The fourth-order valence-electron chi connectivity index (χ4n) is 1.98. The van der Waals surface area contributed by atoms with Crippen LogP contribution in [0, 0.1) is 11.8 Å². The summed E-state index contributed by atoms with van der Waals surface area (Å²) in [7, 11) is 0. The van der Waals surface area contributed by atoms with Crippen molar-refractivity contribution in [3.05, 3.63) is 0 Å². The van der Waals surface area contributed by atoms with Crippen LogP contribution in [0.3, 0.4) is 0 Å². The van der Waals surface area contributed by atoms with Gasteiger partial charge >= 0.3 is 0 Å². The fraction of sp³-hybridized carbons (Fsp3) is 0.909. The predicted molar refractivity (Wildman–Crippen MR) is 57.8 cm³/mol. The fourth-order valence-corrected chi connectivity index (χ4v) is 1.98. The lowest BCUT2D eigenvalue weighted by molar-refractivity contribution is -0.132. The highest BCUT2D eigenvalue weighted by Gasteiger charge is 2.27. The normalized spacial score (nSPS) is 24.4. The molecule has 1 saturated heterocycles. The molecule has 0 radical (unpaired) electrons. The number of nitrogens with two attached hydrogens (primary N) is 1. The van der Waals surface area contributed by atoms with Gasteiger partial charge in [-0.15, -0.1) is 0 Å². The van der Waals surface area contributed by atoms with Crippen molar-refractivity contribution >= 4 is 5.91 Å². The molecule has 14 heavy (non-hydrogen) atoms. The first-order valence-electron chi connectivity index (χ1n) is 5.55. The Morgan fingerprint density at radius 2 is 2.21 bits per heavy atom. The third-order valence-corrected chi connectivity index (χ3v) is 2.78. The van der Waals surface area contributed by atoms with E-state index in [0.717, 1.165) is 25.9 Å². The van der Waals surface area contributed by atoms with Gasteiger partial charge in [-0.25, -0.2) is 0 Å². The molecule has 1 aliphatic heterocycles. The standard InChI is InChI=1S/C11H22N2O/c1-8(2)6-10(12)11(14)13-5-4-9(3)7-13/h8-10H,4-7,12H2,1-3H3. The predicted octanol–water partition coefficient (Wildman–Crippen LogP) is 1.23. The molecule has 0 saturated carbocycles. The van der Waals surface area contributed by atoms with Crippen molar-refractivity contribution in [1.82, 2.24) is 4.90 Å². The zero-order chi connectivity index (χ0) is 10.7. The minimum Gasteiger partial charge on any atom is -0.341 e. The summed E-state index contributed by atoms with van der Waals surface area (Å²) in [5.74, 6) is 1.28. The highest BCUT2D eigenvalue weighted by molar-refractivity contribution is 5.81. The summed E-state index contributed by atoms with van der Waals surface area (Å²) in [6.07, 6.45) is 1.92. The van der Waals surface area contributed by atoms with Crippen LogP contribution in [0.4, 0.5) is 0 Å². The monoisotopic (exact) mass is 198 g/mol. The lowest BCUT2D eigenvalue weighted by Crippen LogP contribution is -2.43. The van der Waals surface area contributed by atoms with Crippen LogP contribution in [-0.4, -0.2) is 29.9 Å². The molecule has 0 aromatic carbocycles. The Morgan fingerprint density at radius 1 is 1.57 bits per heavy atom. The van der Waals surface area contributed by atoms with Crippen molar-refractivity contribution < 1.29 is 4.79 Å². The maximum atomic E-state index is 11.8. The first-order chi connectivity index (χ1) is 6.50. The molecule has 0 aliphatic carbocycles. The first-order valence-corrected chi connectivity index (χ1v) is 5.55. The molecule has 2 N–H and O–H groups in total. The van der Waals surface area contributed by atoms with Gasteiger partial charge in [-0.3, -0.25) is 4.79 Å². The number of carbonyl (C=O) groups is 1. The molecule has 0 aromatic rings. The van der Waals surface area contributed by atoms with Gasteiger partial charge < -0.3 is 10.6 Å². The topological polar surface area (TPSA) is 46.3 Å². The van der Waals surface area contributed by atoms with Crippen LogP contribution in [0.25, 0.3) is 0 Å². The number of hydrogen-bond donors (Lipinski definition) is 1. The lowest BCUT2D eigenvalue weighted by atomic mass is 10.0. The van der Waals surface area contributed by atoms with Gasteiger partial charge in [0.15, 0.2) is 0 Å². The molecule has 0 spiro atoms. The Labute approximate surface area is 86.6 Å². The van der Waals surface area contributed by atoms with Gasteiger partial charge in [-0.1, -0.05) is 20.8 Å². The van der Waals surface area contributed by atoms with E-state index < -0.39 is 0 Å². The number of nitrogens with zero attached hydrogens (tertiary/aromatic N) is 1. The van der Waals surface area contributed by atoms with Crippen LogP contribution in [0.1, 0.15) is 33.6 Å². The molecule has 1 fully saturated rings. The summed E-state index contributed by atoms with van der Waals surface area (Å²) < 4.78 is 0. The molecule has 1 heterocycles. The van der Waals surface area contributed by atoms with Crippen molar-refractivity contribution in [2.45, 2.75) is 39.7 Å². The first kappa shape index (κ1) is 11.5. The van der Waals surface area contributed by atoms with Crippen LogP contribution >= 0.6 is 0 Å². The van der Waals surface area contributed by atoms with E-state index in [1.165, 1.54) is 0 Å². The summed E-state index contributed by atoms with van der Waals surface area (Å²) >= 11 is 0.